The summed E-state index contributed by atoms with van der Waals surface area (Å²) in [5, 5.41) is 3.50. The first-order valence-electron chi connectivity index (χ1n) is 7.55. The average Bonchev–Trinajstić information content (AvgIpc) is 3.17. The Balaban J connectivity index is 1.78. The first-order valence-corrected chi connectivity index (χ1v) is 8.74. The van der Waals surface area contributed by atoms with E-state index >= 15 is 0 Å². The monoisotopic (exact) mass is 335 g/mol. The van der Waals surface area contributed by atoms with Crippen molar-refractivity contribution in [2.24, 2.45) is 0 Å². The maximum atomic E-state index is 7.07. The van der Waals surface area contributed by atoms with E-state index in [0.717, 1.165) is 29.0 Å². The van der Waals surface area contributed by atoms with E-state index in [-0.39, 0.29) is 6.29 Å². The molecule has 22 heavy (non-hydrogen) atoms. The molecule has 1 aromatic carbocycles. The largest absolute Gasteiger partial charge is 0.345 e. The Morgan fingerprint density at radius 1 is 1.23 bits per heavy atom. The van der Waals surface area contributed by atoms with Gasteiger partial charge in [-0.3, -0.25) is 5.32 Å². The van der Waals surface area contributed by atoms with Crippen molar-refractivity contribution < 1.29 is 9.47 Å². The van der Waals surface area contributed by atoms with Crippen LogP contribution < -0.4 is 5.32 Å². The van der Waals surface area contributed by atoms with Crippen LogP contribution in [-0.2, 0) is 20.9 Å². The van der Waals surface area contributed by atoms with Gasteiger partial charge in [0.05, 0.1) is 18.1 Å². The molecular formula is C17H18ClNO2S. The van der Waals surface area contributed by atoms with Crippen LogP contribution in [0.4, 0.5) is 0 Å². The molecule has 5 heteroatoms. The van der Waals surface area contributed by atoms with Gasteiger partial charge in [-0.05, 0) is 30.5 Å². The minimum absolute atomic E-state index is 0.239. The van der Waals surface area contributed by atoms with Gasteiger partial charge in [0.25, 0.3) is 0 Å². The predicted molar refractivity (Wildman–Crippen MR) is 88.5 cm³/mol. The highest BCUT2D eigenvalue weighted by molar-refractivity contribution is 7.12. The second-order valence-corrected chi connectivity index (χ2v) is 7.54. The lowest BCUT2D eigenvalue weighted by molar-refractivity contribution is -0.0413. The Kier molecular flexibility index (Phi) is 3.75. The van der Waals surface area contributed by atoms with Crippen molar-refractivity contribution in [3.05, 3.63) is 56.8 Å². The van der Waals surface area contributed by atoms with E-state index in [1.54, 1.807) is 11.3 Å². The molecule has 0 saturated carbocycles. The van der Waals surface area contributed by atoms with E-state index in [0.29, 0.717) is 13.2 Å². The van der Waals surface area contributed by atoms with E-state index < -0.39 is 5.00 Å². The molecule has 0 radical (unpaired) electrons. The van der Waals surface area contributed by atoms with Gasteiger partial charge in [0, 0.05) is 17.0 Å². The van der Waals surface area contributed by atoms with Crippen molar-refractivity contribution in [3.63, 3.8) is 0 Å². The Morgan fingerprint density at radius 2 is 2.00 bits per heavy atom. The molecule has 3 nitrogen and oxygen atoms in total. The quantitative estimate of drug-likeness (QED) is 0.670. The molecule has 3 heterocycles. The molecule has 1 unspecified atom stereocenters. The van der Waals surface area contributed by atoms with Gasteiger partial charge >= 0.3 is 0 Å². The molecule has 2 aliphatic heterocycles. The van der Waals surface area contributed by atoms with E-state index in [9.17, 15) is 0 Å². The lowest BCUT2D eigenvalue weighted by Crippen LogP contribution is -2.44. The normalized spacial score (nSPS) is 25.4. The fourth-order valence-corrected chi connectivity index (χ4v) is 4.88. The van der Waals surface area contributed by atoms with E-state index in [1.807, 2.05) is 0 Å². The summed E-state index contributed by atoms with van der Waals surface area (Å²) in [6.07, 6.45) is 0.770. The number of aryl methyl sites for hydroxylation is 1. The molecule has 0 bridgehead atoms. The Hall–Kier alpha value is -0.910. The van der Waals surface area contributed by atoms with Gasteiger partial charge < -0.3 is 9.47 Å². The molecule has 1 aromatic heterocycles. The molecule has 1 saturated heterocycles. The summed E-state index contributed by atoms with van der Waals surface area (Å²) < 4.78 is 11.2. The van der Waals surface area contributed by atoms with Crippen molar-refractivity contribution in [3.8, 4) is 0 Å². The SMILES string of the molecule is Cc1sc(C2OCCO2)cc1C1(Cl)NCCc2ccccc21. The number of fused-ring (bicyclic) bond motifs is 1. The number of thiophene rings is 1. The zero-order valence-electron chi connectivity index (χ0n) is 12.4. The van der Waals surface area contributed by atoms with E-state index in [4.69, 9.17) is 21.1 Å². The summed E-state index contributed by atoms with van der Waals surface area (Å²) in [6, 6.07) is 10.5. The number of benzene rings is 1. The van der Waals surface area contributed by atoms with Crippen molar-refractivity contribution in [1.82, 2.24) is 5.32 Å². The number of nitrogens with one attached hydrogen (secondary N) is 1. The van der Waals surface area contributed by atoms with Gasteiger partial charge in [-0.15, -0.1) is 11.3 Å². The highest BCUT2D eigenvalue weighted by Crippen LogP contribution is 2.44. The molecule has 2 aromatic rings. The van der Waals surface area contributed by atoms with Crippen molar-refractivity contribution >= 4 is 22.9 Å². The lowest BCUT2D eigenvalue weighted by Gasteiger charge is -2.35. The van der Waals surface area contributed by atoms with Crippen LogP contribution in [-0.4, -0.2) is 19.8 Å². The van der Waals surface area contributed by atoms with Gasteiger partial charge in [-0.25, -0.2) is 0 Å². The molecule has 0 aliphatic carbocycles. The second kappa shape index (κ2) is 5.62. The number of halogens is 1. The first kappa shape index (κ1) is 14.7. The minimum atomic E-state index is -0.660. The molecule has 0 spiro atoms. The number of hydrogen-bond acceptors (Lipinski definition) is 4. The fraction of sp³-hybridized carbons (Fsp3) is 0.412. The number of rotatable bonds is 2. The fourth-order valence-electron chi connectivity index (χ4n) is 3.27. The molecule has 1 atom stereocenters. The van der Waals surface area contributed by atoms with Crippen molar-refractivity contribution in [1.29, 1.82) is 0 Å². The summed E-state index contributed by atoms with van der Waals surface area (Å²) in [5.74, 6) is 0. The summed E-state index contributed by atoms with van der Waals surface area (Å²) in [5.41, 5.74) is 3.58. The van der Waals surface area contributed by atoms with Crippen LogP contribution in [0.2, 0.25) is 0 Å². The molecule has 1 fully saturated rings. The molecule has 4 rings (SSSR count). The summed E-state index contributed by atoms with van der Waals surface area (Å²) in [7, 11) is 0. The Bertz CT molecular complexity index is 696. The van der Waals surface area contributed by atoms with Crippen molar-refractivity contribution in [2.75, 3.05) is 19.8 Å². The lowest BCUT2D eigenvalue weighted by atomic mass is 9.89. The van der Waals surface area contributed by atoms with Gasteiger partial charge in [0.1, 0.15) is 5.00 Å². The van der Waals surface area contributed by atoms with Crippen LogP contribution in [0.3, 0.4) is 0 Å². The predicted octanol–water partition coefficient (Wildman–Crippen LogP) is 3.69. The van der Waals surface area contributed by atoms with Crippen LogP contribution in [0, 0.1) is 6.92 Å². The zero-order valence-corrected chi connectivity index (χ0v) is 14.0. The topological polar surface area (TPSA) is 30.5 Å². The molecular weight excluding hydrogens is 318 g/mol. The average molecular weight is 336 g/mol. The number of hydrogen-bond donors (Lipinski definition) is 1. The molecule has 116 valence electrons. The highest BCUT2D eigenvalue weighted by atomic mass is 35.5. The highest BCUT2D eigenvalue weighted by Gasteiger charge is 2.38. The minimum Gasteiger partial charge on any atom is -0.345 e. The van der Waals surface area contributed by atoms with Gasteiger partial charge in [0.2, 0.25) is 0 Å². The summed E-state index contributed by atoms with van der Waals surface area (Å²) in [4.78, 5) is 1.63. The van der Waals surface area contributed by atoms with E-state index in [1.165, 1.54) is 10.4 Å². The third-order valence-electron chi connectivity index (χ3n) is 4.31. The maximum Gasteiger partial charge on any atom is 0.193 e. The Morgan fingerprint density at radius 3 is 2.82 bits per heavy atom. The molecule has 2 aliphatic rings. The summed E-state index contributed by atoms with van der Waals surface area (Å²) >= 11 is 8.77. The smallest absolute Gasteiger partial charge is 0.193 e. The third-order valence-corrected chi connectivity index (χ3v) is 5.93. The first-order chi connectivity index (χ1) is 10.7. The van der Waals surface area contributed by atoms with Crippen LogP contribution >= 0.6 is 22.9 Å². The number of alkyl halides is 1. The zero-order chi connectivity index (χ0) is 15.2. The van der Waals surface area contributed by atoms with Crippen LogP contribution in [0.15, 0.2) is 30.3 Å². The van der Waals surface area contributed by atoms with Gasteiger partial charge in [0.15, 0.2) is 6.29 Å². The number of ether oxygens (including phenoxy) is 2. The van der Waals surface area contributed by atoms with Crippen LogP contribution in [0.25, 0.3) is 0 Å². The van der Waals surface area contributed by atoms with Crippen molar-refractivity contribution in [2.45, 2.75) is 24.6 Å². The maximum absolute atomic E-state index is 7.07. The third kappa shape index (κ3) is 2.30. The summed E-state index contributed by atoms with van der Waals surface area (Å²) in [6.45, 7) is 4.30. The van der Waals surface area contributed by atoms with E-state index in [2.05, 4.69) is 42.6 Å². The molecule has 1 N–H and O–H groups in total. The Labute approximate surface area is 139 Å². The standard InChI is InChI=1S/C17H18ClNO2S/c1-11-14(10-15(22-11)16-20-8-9-21-16)17(18)13-5-3-2-4-12(13)6-7-19-17/h2-5,10,16,19H,6-9H2,1H3. The van der Waals surface area contributed by atoms with Crippen LogP contribution in [0.1, 0.15) is 32.7 Å². The molecule has 0 amide bonds. The van der Waals surface area contributed by atoms with Gasteiger partial charge in [-0.1, -0.05) is 35.9 Å². The second-order valence-electron chi connectivity index (χ2n) is 5.68. The van der Waals surface area contributed by atoms with Crippen LogP contribution in [0.5, 0.6) is 0 Å². The van der Waals surface area contributed by atoms with Gasteiger partial charge in [-0.2, -0.15) is 0 Å².